The van der Waals surface area contributed by atoms with Gasteiger partial charge in [-0.3, -0.25) is 0 Å². The van der Waals surface area contributed by atoms with Crippen LogP contribution in [0.3, 0.4) is 0 Å². The molecule has 0 spiro atoms. The molecule has 0 aliphatic carbocycles. The van der Waals surface area contributed by atoms with E-state index in [1.807, 2.05) is 19.2 Å². The van der Waals surface area contributed by atoms with Crippen molar-refractivity contribution in [2.75, 3.05) is 19.4 Å². The summed E-state index contributed by atoms with van der Waals surface area (Å²) in [6.45, 7) is 1.91. The van der Waals surface area contributed by atoms with Crippen LogP contribution in [0.2, 0.25) is 0 Å². The molecule has 0 saturated heterocycles. The Morgan fingerprint density at radius 2 is 1.97 bits per heavy atom. The first-order valence-corrected chi connectivity index (χ1v) is 11.1. The van der Waals surface area contributed by atoms with Crippen molar-refractivity contribution in [3.05, 3.63) is 57.8 Å². The van der Waals surface area contributed by atoms with E-state index in [1.54, 1.807) is 35.7 Å². The van der Waals surface area contributed by atoms with Crippen molar-refractivity contribution in [3.63, 3.8) is 0 Å². The molecule has 0 unspecified atom stereocenters. The lowest BCUT2D eigenvalue weighted by molar-refractivity contribution is 0.282. The van der Waals surface area contributed by atoms with Crippen molar-refractivity contribution in [3.8, 4) is 11.5 Å². The lowest BCUT2D eigenvalue weighted by Gasteiger charge is -2.15. The average molecular weight is 533 g/mol. The molecule has 1 heterocycles. The van der Waals surface area contributed by atoms with Gasteiger partial charge in [0.2, 0.25) is 5.16 Å². The summed E-state index contributed by atoms with van der Waals surface area (Å²) < 4.78 is 26.9. The SMILES string of the molecule is COc1cc(CNCCCSc2nnnn2C)cc(Br)c1OCc1ccc(F)cc1.Cl. The molecule has 7 nitrogen and oxygen atoms in total. The number of rotatable bonds is 11. The number of aryl methyl sites for hydroxylation is 1. The Labute approximate surface area is 199 Å². The molecule has 2 aromatic carbocycles. The van der Waals surface area contributed by atoms with E-state index >= 15 is 0 Å². The van der Waals surface area contributed by atoms with E-state index in [-0.39, 0.29) is 18.2 Å². The number of benzene rings is 2. The van der Waals surface area contributed by atoms with Gasteiger partial charge in [-0.15, -0.1) is 17.5 Å². The fourth-order valence-electron chi connectivity index (χ4n) is 2.69. The van der Waals surface area contributed by atoms with Crippen LogP contribution in [-0.2, 0) is 20.2 Å². The second-order valence-electron chi connectivity index (χ2n) is 6.49. The van der Waals surface area contributed by atoms with Crippen molar-refractivity contribution in [1.82, 2.24) is 25.5 Å². The Morgan fingerprint density at radius 1 is 1.19 bits per heavy atom. The Morgan fingerprint density at radius 3 is 2.65 bits per heavy atom. The summed E-state index contributed by atoms with van der Waals surface area (Å²) in [4.78, 5) is 0. The largest absolute Gasteiger partial charge is 0.493 e. The molecule has 3 rings (SSSR count). The van der Waals surface area contributed by atoms with Crippen LogP contribution in [0.1, 0.15) is 17.5 Å². The number of aromatic nitrogens is 4. The molecule has 1 aromatic heterocycles. The van der Waals surface area contributed by atoms with Crippen LogP contribution >= 0.6 is 40.1 Å². The fraction of sp³-hybridized carbons (Fsp3) is 0.350. The molecule has 31 heavy (non-hydrogen) atoms. The molecule has 3 aromatic rings. The maximum absolute atomic E-state index is 13.0. The molecule has 11 heteroatoms. The highest BCUT2D eigenvalue weighted by atomic mass is 79.9. The van der Waals surface area contributed by atoms with Crippen molar-refractivity contribution < 1.29 is 13.9 Å². The van der Waals surface area contributed by atoms with Gasteiger partial charge in [0.1, 0.15) is 12.4 Å². The predicted molar refractivity (Wildman–Crippen MR) is 125 cm³/mol. The van der Waals surface area contributed by atoms with Crippen molar-refractivity contribution in [2.45, 2.75) is 24.7 Å². The molecule has 0 bridgehead atoms. The van der Waals surface area contributed by atoms with Crippen LogP contribution in [0, 0.1) is 5.82 Å². The second-order valence-corrected chi connectivity index (χ2v) is 8.40. The highest BCUT2D eigenvalue weighted by Crippen LogP contribution is 2.37. The Balaban J connectivity index is 0.00000341. The minimum absolute atomic E-state index is 0. The number of methoxy groups -OCH3 is 1. The summed E-state index contributed by atoms with van der Waals surface area (Å²) >= 11 is 5.21. The van der Waals surface area contributed by atoms with Gasteiger partial charge in [-0.25, -0.2) is 9.07 Å². The molecule has 0 atom stereocenters. The summed E-state index contributed by atoms with van der Waals surface area (Å²) in [6.07, 6.45) is 0.995. The normalized spacial score (nSPS) is 10.6. The Kier molecular flexibility index (Phi) is 10.5. The number of ether oxygens (including phenoxy) is 2. The topological polar surface area (TPSA) is 74.1 Å². The third-order valence-electron chi connectivity index (χ3n) is 4.23. The zero-order chi connectivity index (χ0) is 21.3. The summed E-state index contributed by atoms with van der Waals surface area (Å²) in [7, 11) is 3.45. The van der Waals surface area contributed by atoms with Gasteiger partial charge >= 0.3 is 0 Å². The zero-order valence-corrected chi connectivity index (χ0v) is 20.4. The molecule has 0 aliphatic rings. The minimum atomic E-state index is -0.265. The monoisotopic (exact) mass is 531 g/mol. The van der Waals surface area contributed by atoms with Crippen molar-refractivity contribution in [1.29, 1.82) is 0 Å². The maximum atomic E-state index is 13.0. The number of tetrazole rings is 1. The Hall–Kier alpha value is -1.88. The number of halogens is 3. The molecular weight excluding hydrogens is 509 g/mol. The van der Waals surface area contributed by atoms with E-state index in [9.17, 15) is 4.39 Å². The fourth-order valence-corrected chi connectivity index (χ4v) is 4.08. The predicted octanol–water partition coefficient (Wildman–Crippen LogP) is 4.39. The summed E-state index contributed by atoms with van der Waals surface area (Å²) in [5, 5.41) is 15.6. The zero-order valence-electron chi connectivity index (χ0n) is 17.2. The number of nitrogens with zero attached hydrogens (tertiary/aromatic N) is 4. The molecular formula is C20H24BrClFN5O2S. The van der Waals surface area contributed by atoms with E-state index in [0.717, 1.165) is 39.5 Å². The van der Waals surface area contributed by atoms with E-state index < -0.39 is 0 Å². The van der Waals surface area contributed by atoms with Crippen molar-refractivity contribution in [2.24, 2.45) is 7.05 Å². The summed E-state index contributed by atoms with van der Waals surface area (Å²) in [6, 6.07) is 10.2. The maximum Gasteiger partial charge on any atom is 0.209 e. The van der Waals surface area contributed by atoms with Gasteiger partial charge in [-0.1, -0.05) is 23.9 Å². The second kappa shape index (κ2) is 12.8. The van der Waals surface area contributed by atoms with Crippen LogP contribution in [-0.4, -0.2) is 39.6 Å². The number of nitrogens with one attached hydrogen (secondary N) is 1. The summed E-state index contributed by atoms with van der Waals surface area (Å²) in [5.74, 6) is 1.94. The first kappa shape index (κ1) is 25.4. The highest BCUT2D eigenvalue weighted by Gasteiger charge is 2.12. The smallest absolute Gasteiger partial charge is 0.209 e. The molecule has 0 fully saturated rings. The van der Waals surface area contributed by atoms with Crippen LogP contribution in [0.4, 0.5) is 4.39 Å². The first-order chi connectivity index (χ1) is 14.6. The van der Waals surface area contributed by atoms with Crippen LogP contribution in [0.15, 0.2) is 46.0 Å². The van der Waals surface area contributed by atoms with E-state index in [0.29, 0.717) is 24.7 Å². The number of hydrogen-bond acceptors (Lipinski definition) is 7. The lowest BCUT2D eigenvalue weighted by atomic mass is 10.2. The number of hydrogen-bond donors (Lipinski definition) is 1. The van der Waals surface area contributed by atoms with Gasteiger partial charge in [0.15, 0.2) is 11.5 Å². The Bertz CT molecular complexity index is 961. The molecule has 1 N–H and O–H groups in total. The van der Waals surface area contributed by atoms with Gasteiger partial charge in [0.25, 0.3) is 0 Å². The summed E-state index contributed by atoms with van der Waals surface area (Å²) in [5.41, 5.74) is 1.96. The molecule has 0 amide bonds. The van der Waals surface area contributed by atoms with E-state index in [4.69, 9.17) is 9.47 Å². The van der Waals surface area contributed by atoms with Gasteiger partial charge in [-0.05, 0) is 74.7 Å². The van der Waals surface area contributed by atoms with Gasteiger partial charge in [0, 0.05) is 19.3 Å². The van der Waals surface area contributed by atoms with Gasteiger partial charge < -0.3 is 14.8 Å². The quantitative estimate of drug-likeness (QED) is 0.290. The first-order valence-electron chi connectivity index (χ1n) is 9.36. The highest BCUT2D eigenvalue weighted by molar-refractivity contribution is 9.10. The van der Waals surface area contributed by atoms with Crippen LogP contribution < -0.4 is 14.8 Å². The molecule has 0 saturated carbocycles. The van der Waals surface area contributed by atoms with Gasteiger partial charge in [-0.2, -0.15) is 0 Å². The lowest BCUT2D eigenvalue weighted by Crippen LogP contribution is -2.15. The number of thioether (sulfide) groups is 1. The van der Waals surface area contributed by atoms with E-state index in [2.05, 4.69) is 36.8 Å². The average Bonchev–Trinajstić information content (AvgIpc) is 3.15. The molecule has 0 radical (unpaired) electrons. The van der Waals surface area contributed by atoms with E-state index in [1.165, 1.54) is 12.1 Å². The standard InChI is InChI=1S/C20H23BrFN5O2S.ClH/c1-27-20(24-25-26-27)30-9-3-8-23-12-15-10-17(21)19(18(11-15)28-2)29-13-14-4-6-16(22)7-5-14;/h4-7,10-11,23H,3,8-9,12-13H2,1-2H3;1H. The molecule has 168 valence electrons. The molecule has 0 aliphatic heterocycles. The third kappa shape index (κ3) is 7.64. The van der Waals surface area contributed by atoms with Gasteiger partial charge in [0.05, 0.1) is 11.6 Å². The van der Waals surface area contributed by atoms with Crippen LogP contribution in [0.25, 0.3) is 0 Å². The van der Waals surface area contributed by atoms with Crippen LogP contribution in [0.5, 0.6) is 11.5 Å². The van der Waals surface area contributed by atoms with Crippen molar-refractivity contribution >= 4 is 40.1 Å². The third-order valence-corrected chi connectivity index (χ3v) is 5.91. The minimum Gasteiger partial charge on any atom is -0.493 e.